The Morgan fingerprint density at radius 1 is 0.412 bits per heavy atom. The normalized spacial score (nSPS) is 12.6. The van der Waals surface area contributed by atoms with Crippen LogP contribution in [0, 0.1) is 0 Å². The van der Waals surface area contributed by atoms with E-state index in [0.717, 1.165) is 0 Å². The van der Waals surface area contributed by atoms with Crippen LogP contribution >= 0.6 is 0 Å². The molecule has 0 nitrogen and oxygen atoms in total. The average Bonchev–Trinajstić information content (AvgIpc) is 2.83. The lowest BCUT2D eigenvalue weighted by atomic mass is 10.1. The molecule has 0 aliphatic heterocycles. The number of hydrogen-bond donors (Lipinski definition) is 0. The molecule has 0 aromatic heterocycles. The highest BCUT2D eigenvalue weighted by Crippen LogP contribution is 2.23. The molecule has 0 saturated carbocycles. The second-order valence-electron chi connectivity index (χ2n) is 11.7. The minimum Gasteiger partial charge on any atom is -0.0656 e. The number of benzene rings is 4. The van der Waals surface area contributed by atoms with Gasteiger partial charge in [0.25, 0.3) is 0 Å². The van der Waals surface area contributed by atoms with Gasteiger partial charge in [-0.15, -0.1) is 0 Å². The first kappa shape index (κ1) is 24.6. The molecule has 0 unspecified atom stereocenters. The van der Waals surface area contributed by atoms with Crippen LogP contribution < -0.4 is 25.9 Å². The first-order valence-electron chi connectivity index (χ1n) is 12.4. The highest BCUT2D eigenvalue weighted by molar-refractivity contribution is 7.12. The van der Waals surface area contributed by atoms with E-state index in [1.165, 1.54) is 21.5 Å². The maximum absolute atomic E-state index is 2.63. The maximum atomic E-state index is 2.63. The summed E-state index contributed by atoms with van der Waals surface area (Å²) in [7, 11) is -5.45. The molecule has 4 aromatic rings. The highest BCUT2D eigenvalue weighted by Gasteiger charge is 2.39. The molecule has 0 atom stereocenters. The van der Waals surface area contributed by atoms with Crippen LogP contribution in [0.2, 0.25) is 45.8 Å². The Bertz CT molecular complexity index is 1210. The monoisotopic (exact) mass is 494 g/mol. The quantitative estimate of drug-likeness (QED) is 0.244. The van der Waals surface area contributed by atoms with E-state index in [1.54, 1.807) is 15.6 Å². The van der Waals surface area contributed by atoms with Gasteiger partial charge in [0.15, 0.2) is 0 Å². The summed E-state index contributed by atoms with van der Waals surface area (Å²) in [5.41, 5.74) is 2.87. The average molecular weight is 495 g/mol. The van der Waals surface area contributed by atoms with Crippen molar-refractivity contribution < 1.29 is 0 Å². The summed E-state index contributed by atoms with van der Waals surface area (Å²) in [5.74, 6) is 0. The summed E-state index contributed by atoms with van der Waals surface area (Å²) in [4.78, 5) is 0. The van der Waals surface area contributed by atoms with Gasteiger partial charge in [0, 0.05) is 0 Å². The van der Waals surface area contributed by atoms with Gasteiger partial charge >= 0.3 is 0 Å². The van der Waals surface area contributed by atoms with Crippen molar-refractivity contribution in [3.8, 4) is 11.1 Å². The molecule has 0 aliphatic carbocycles. The van der Waals surface area contributed by atoms with E-state index in [1.807, 2.05) is 0 Å². The van der Waals surface area contributed by atoms with E-state index in [-0.39, 0.29) is 0 Å². The van der Waals surface area contributed by atoms with Crippen LogP contribution in [0.1, 0.15) is 0 Å². The van der Waals surface area contributed by atoms with Crippen LogP contribution in [0.4, 0.5) is 0 Å². The van der Waals surface area contributed by atoms with Crippen molar-refractivity contribution in [2.45, 2.75) is 45.8 Å². The predicted molar refractivity (Wildman–Crippen MR) is 161 cm³/mol. The van der Waals surface area contributed by atoms with Crippen LogP contribution in [0.5, 0.6) is 0 Å². The lowest BCUT2D eigenvalue weighted by Crippen LogP contribution is -2.67. The van der Waals surface area contributed by atoms with Gasteiger partial charge in [0.1, 0.15) is 8.07 Å². The SMILES string of the molecule is C[Si](C)(C)c1cc([Si](C)(C)C)c(-c2ccccc2)c([Si](C)(c2ccccc2)c2ccccc2)c1. The Kier molecular flexibility index (Phi) is 6.74. The number of hydrogen-bond acceptors (Lipinski definition) is 0. The Morgan fingerprint density at radius 2 is 0.824 bits per heavy atom. The van der Waals surface area contributed by atoms with Gasteiger partial charge in [-0.2, -0.15) is 0 Å². The van der Waals surface area contributed by atoms with Crippen LogP contribution in [0.25, 0.3) is 11.1 Å². The van der Waals surface area contributed by atoms with E-state index >= 15 is 0 Å². The summed E-state index contributed by atoms with van der Waals surface area (Å²) in [6.07, 6.45) is 0. The molecule has 174 valence electrons. The molecule has 0 spiro atoms. The van der Waals surface area contributed by atoms with Gasteiger partial charge in [-0.1, -0.05) is 159 Å². The zero-order chi connectivity index (χ0) is 24.6. The molecular weight excluding hydrogens is 457 g/mol. The Hall–Kier alpha value is -2.47. The minimum atomic E-state index is -2.28. The van der Waals surface area contributed by atoms with E-state index in [9.17, 15) is 0 Å². The van der Waals surface area contributed by atoms with Crippen molar-refractivity contribution in [2.24, 2.45) is 0 Å². The van der Waals surface area contributed by atoms with Crippen molar-refractivity contribution in [3.05, 3.63) is 103 Å². The third-order valence-electron chi connectivity index (χ3n) is 7.12. The second-order valence-corrected chi connectivity index (χ2v) is 25.7. The van der Waals surface area contributed by atoms with Gasteiger partial charge in [0.2, 0.25) is 0 Å². The lowest BCUT2D eigenvalue weighted by Gasteiger charge is -2.36. The lowest BCUT2D eigenvalue weighted by molar-refractivity contribution is 1.62. The number of rotatable bonds is 6. The summed E-state index contributed by atoms with van der Waals surface area (Å²) in [5, 5.41) is 7.73. The zero-order valence-corrected chi connectivity index (χ0v) is 24.8. The van der Waals surface area contributed by atoms with E-state index in [0.29, 0.717) is 0 Å². The maximum Gasteiger partial charge on any atom is 0.146 e. The second kappa shape index (κ2) is 9.29. The zero-order valence-electron chi connectivity index (χ0n) is 21.8. The third-order valence-corrected chi connectivity index (χ3v) is 15.6. The van der Waals surface area contributed by atoms with Crippen molar-refractivity contribution in [3.63, 3.8) is 0 Å². The summed E-state index contributed by atoms with van der Waals surface area (Å²) >= 11 is 0. The molecule has 0 heterocycles. The summed E-state index contributed by atoms with van der Waals surface area (Å²) in [6.45, 7) is 17.6. The summed E-state index contributed by atoms with van der Waals surface area (Å²) in [6, 6.07) is 39.0. The first-order valence-corrected chi connectivity index (χ1v) is 21.9. The van der Waals surface area contributed by atoms with E-state index in [2.05, 4.69) is 149 Å². The molecular formula is C31H38Si3. The standard InChI is InChI=1S/C31H38Si3/c1-32(2,3)28-23-29(33(4,5)6)31(25-17-11-8-12-18-25)30(24-28)34(7,26-19-13-9-14-20-26)27-21-15-10-16-22-27/h8-24H,1-7H3. The molecule has 0 bridgehead atoms. The molecule has 4 aromatic carbocycles. The Balaban J connectivity index is 2.21. The molecule has 0 radical (unpaired) electrons. The van der Waals surface area contributed by atoms with Crippen molar-refractivity contribution >= 4 is 50.2 Å². The third kappa shape index (κ3) is 4.70. The largest absolute Gasteiger partial charge is 0.146 e. The van der Waals surface area contributed by atoms with Crippen LogP contribution in [0.3, 0.4) is 0 Å². The highest BCUT2D eigenvalue weighted by atomic mass is 28.3. The molecule has 4 rings (SSSR count). The Labute approximate surface area is 209 Å². The van der Waals surface area contributed by atoms with Crippen molar-refractivity contribution in [1.29, 1.82) is 0 Å². The topological polar surface area (TPSA) is 0 Å². The van der Waals surface area contributed by atoms with Gasteiger partial charge in [0.05, 0.1) is 16.1 Å². The molecule has 0 N–H and O–H groups in total. The smallest absolute Gasteiger partial charge is 0.0656 e. The molecule has 0 fully saturated rings. The first-order chi connectivity index (χ1) is 16.0. The minimum absolute atomic E-state index is 1.36. The van der Waals surface area contributed by atoms with Crippen LogP contribution in [-0.4, -0.2) is 24.2 Å². The van der Waals surface area contributed by atoms with Crippen molar-refractivity contribution in [2.75, 3.05) is 0 Å². The van der Waals surface area contributed by atoms with Crippen LogP contribution in [0.15, 0.2) is 103 Å². The van der Waals surface area contributed by atoms with Crippen molar-refractivity contribution in [1.82, 2.24) is 0 Å². The summed E-state index contributed by atoms with van der Waals surface area (Å²) < 4.78 is 0. The van der Waals surface area contributed by atoms with Gasteiger partial charge in [-0.25, -0.2) is 0 Å². The molecule has 0 amide bonds. The van der Waals surface area contributed by atoms with Gasteiger partial charge in [-0.05, 0) is 26.7 Å². The molecule has 0 saturated heterocycles. The molecule has 0 aliphatic rings. The van der Waals surface area contributed by atoms with E-state index < -0.39 is 24.2 Å². The predicted octanol–water partition coefficient (Wildman–Crippen LogP) is 5.54. The Morgan fingerprint density at radius 3 is 1.24 bits per heavy atom. The fraction of sp³-hybridized carbons (Fsp3) is 0.226. The fourth-order valence-corrected chi connectivity index (χ4v) is 12.1. The van der Waals surface area contributed by atoms with Crippen LogP contribution in [-0.2, 0) is 0 Å². The van der Waals surface area contributed by atoms with Gasteiger partial charge in [-0.3, -0.25) is 0 Å². The fourth-order valence-electron chi connectivity index (χ4n) is 5.00. The van der Waals surface area contributed by atoms with Gasteiger partial charge < -0.3 is 0 Å². The molecule has 3 heteroatoms. The van der Waals surface area contributed by atoms with E-state index in [4.69, 9.17) is 0 Å². The molecule has 34 heavy (non-hydrogen) atoms.